The second kappa shape index (κ2) is 5.45. The minimum absolute atomic E-state index is 0.209. The van der Waals surface area contributed by atoms with Gasteiger partial charge in [-0.05, 0) is 47.7 Å². The first-order valence-electron chi connectivity index (χ1n) is 7.35. The van der Waals surface area contributed by atoms with Crippen LogP contribution < -0.4 is 10.6 Å². The number of nitrogens with two attached hydrogens (primary N) is 1. The molecule has 110 valence electrons. The maximum absolute atomic E-state index is 13.5. The number of rotatable bonds is 3. The Bertz CT molecular complexity index is 667. The Hall–Kier alpha value is -1.94. The molecule has 3 nitrogen and oxygen atoms in total. The van der Waals surface area contributed by atoms with Gasteiger partial charge in [-0.15, -0.1) is 0 Å². The van der Waals surface area contributed by atoms with Crippen LogP contribution in [0.1, 0.15) is 36.6 Å². The lowest BCUT2D eigenvalue weighted by Gasteiger charge is -2.21. The molecule has 0 fully saturated rings. The highest BCUT2D eigenvalue weighted by molar-refractivity contribution is 5.68. The van der Waals surface area contributed by atoms with Crippen molar-refractivity contribution >= 4 is 11.5 Å². The first kappa shape index (κ1) is 14.0. The van der Waals surface area contributed by atoms with Crippen molar-refractivity contribution in [1.29, 1.82) is 0 Å². The molecule has 0 unspecified atom stereocenters. The predicted molar refractivity (Wildman–Crippen MR) is 83.3 cm³/mol. The average molecular weight is 285 g/mol. The van der Waals surface area contributed by atoms with Gasteiger partial charge in [0.15, 0.2) is 0 Å². The van der Waals surface area contributed by atoms with Gasteiger partial charge >= 0.3 is 0 Å². The summed E-state index contributed by atoms with van der Waals surface area (Å²) in [5.41, 5.74) is 9.98. The quantitative estimate of drug-likeness (QED) is 0.938. The third-order valence-electron chi connectivity index (χ3n) is 3.94. The van der Waals surface area contributed by atoms with Crippen molar-refractivity contribution in [2.24, 2.45) is 5.73 Å². The number of halogens is 1. The minimum Gasteiger partial charge on any atom is -0.326 e. The summed E-state index contributed by atoms with van der Waals surface area (Å²) >= 11 is 0. The van der Waals surface area contributed by atoms with Crippen LogP contribution in [0.25, 0.3) is 0 Å². The van der Waals surface area contributed by atoms with Crippen molar-refractivity contribution in [2.75, 3.05) is 11.4 Å². The van der Waals surface area contributed by atoms with Crippen molar-refractivity contribution in [1.82, 2.24) is 4.98 Å². The van der Waals surface area contributed by atoms with E-state index < -0.39 is 0 Å². The van der Waals surface area contributed by atoms with Gasteiger partial charge in [0.05, 0.1) is 0 Å². The molecular weight excluding hydrogens is 265 g/mol. The third kappa shape index (κ3) is 2.63. The van der Waals surface area contributed by atoms with Crippen molar-refractivity contribution in [2.45, 2.75) is 32.7 Å². The number of hydrogen-bond acceptors (Lipinski definition) is 3. The number of nitrogens with zero attached hydrogens (tertiary/aromatic N) is 2. The van der Waals surface area contributed by atoms with E-state index in [-0.39, 0.29) is 5.82 Å². The average Bonchev–Trinajstić information content (AvgIpc) is 2.89. The van der Waals surface area contributed by atoms with Gasteiger partial charge in [-0.3, -0.25) is 0 Å². The summed E-state index contributed by atoms with van der Waals surface area (Å²) in [7, 11) is 0. The zero-order chi connectivity index (χ0) is 15.0. The maximum atomic E-state index is 13.5. The van der Waals surface area contributed by atoms with Crippen LogP contribution in [0.4, 0.5) is 15.9 Å². The highest BCUT2D eigenvalue weighted by Crippen LogP contribution is 2.35. The maximum Gasteiger partial charge on any atom is 0.133 e. The summed E-state index contributed by atoms with van der Waals surface area (Å²) in [6.45, 7) is 5.55. The van der Waals surface area contributed by atoms with E-state index in [1.807, 2.05) is 12.1 Å². The van der Waals surface area contributed by atoms with Gasteiger partial charge in [-0.25, -0.2) is 9.37 Å². The Labute approximate surface area is 124 Å². The molecule has 2 aromatic rings. The molecule has 4 heteroatoms. The Kier molecular flexibility index (Phi) is 3.64. The summed E-state index contributed by atoms with van der Waals surface area (Å²) in [5.74, 6) is 0.996. The molecule has 0 saturated carbocycles. The molecule has 1 aromatic carbocycles. The number of pyridine rings is 1. The number of anilines is 2. The van der Waals surface area contributed by atoms with Gasteiger partial charge in [0.25, 0.3) is 0 Å². The van der Waals surface area contributed by atoms with Gasteiger partial charge in [-0.2, -0.15) is 0 Å². The molecule has 3 rings (SSSR count). The van der Waals surface area contributed by atoms with E-state index in [2.05, 4.69) is 24.8 Å². The summed E-state index contributed by atoms with van der Waals surface area (Å²) in [6.07, 6.45) is 0.918. The fraction of sp³-hybridized carbons (Fsp3) is 0.353. The Balaban J connectivity index is 2.06. The molecule has 0 radical (unpaired) electrons. The van der Waals surface area contributed by atoms with Crippen molar-refractivity contribution < 1.29 is 4.39 Å². The fourth-order valence-electron chi connectivity index (χ4n) is 2.74. The smallest absolute Gasteiger partial charge is 0.133 e. The second-order valence-corrected chi connectivity index (χ2v) is 5.79. The van der Waals surface area contributed by atoms with Crippen LogP contribution >= 0.6 is 0 Å². The topological polar surface area (TPSA) is 42.1 Å². The normalized spacial score (nSPS) is 13.9. The first-order valence-corrected chi connectivity index (χ1v) is 7.35. The van der Waals surface area contributed by atoms with Crippen LogP contribution in [0, 0.1) is 5.82 Å². The standard InChI is InChI=1S/C17H20FN3/c1-11(2)15-7-12(10-19)8-17(20-15)21-6-5-13-3-4-14(18)9-16(13)21/h3-4,7-9,11H,5-6,10,19H2,1-2H3. The highest BCUT2D eigenvalue weighted by Gasteiger charge is 2.22. The molecule has 2 N–H and O–H groups in total. The zero-order valence-corrected chi connectivity index (χ0v) is 12.4. The van der Waals surface area contributed by atoms with Gasteiger partial charge in [0.1, 0.15) is 11.6 Å². The molecule has 0 aliphatic carbocycles. The van der Waals surface area contributed by atoms with E-state index in [1.54, 1.807) is 6.07 Å². The molecule has 2 heterocycles. The summed E-state index contributed by atoms with van der Waals surface area (Å²) in [4.78, 5) is 6.83. The second-order valence-electron chi connectivity index (χ2n) is 5.79. The van der Waals surface area contributed by atoms with Crippen LogP contribution in [0.2, 0.25) is 0 Å². The molecule has 0 bridgehead atoms. The molecule has 1 aliphatic heterocycles. The lowest BCUT2D eigenvalue weighted by Crippen LogP contribution is -2.16. The number of fused-ring (bicyclic) bond motifs is 1. The summed E-state index contributed by atoms with van der Waals surface area (Å²) in [6, 6.07) is 9.03. The van der Waals surface area contributed by atoms with Gasteiger partial charge in [-0.1, -0.05) is 19.9 Å². The third-order valence-corrected chi connectivity index (χ3v) is 3.94. The van der Waals surface area contributed by atoms with Gasteiger partial charge in [0, 0.05) is 24.5 Å². The molecule has 0 amide bonds. The van der Waals surface area contributed by atoms with E-state index in [4.69, 9.17) is 10.7 Å². The van der Waals surface area contributed by atoms with E-state index in [1.165, 1.54) is 11.6 Å². The molecular formula is C17H20FN3. The van der Waals surface area contributed by atoms with Crippen LogP contribution in [-0.2, 0) is 13.0 Å². The Morgan fingerprint density at radius 2 is 2.10 bits per heavy atom. The monoisotopic (exact) mass is 285 g/mol. The number of hydrogen-bond donors (Lipinski definition) is 1. The number of aromatic nitrogens is 1. The van der Waals surface area contributed by atoms with Crippen molar-refractivity contribution in [3.63, 3.8) is 0 Å². The molecule has 1 aliphatic rings. The minimum atomic E-state index is -0.209. The summed E-state index contributed by atoms with van der Waals surface area (Å²) < 4.78 is 13.5. The lowest BCUT2D eigenvalue weighted by molar-refractivity contribution is 0.628. The van der Waals surface area contributed by atoms with Crippen LogP contribution in [-0.4, -0.2) is 11.5 Å². The first-order chi connectivity index (χ1) is 10.1. The predicted octanol–water partition coefficient (Wildman–Crippen LogP) is 3.50. The highest BCUT2D eigenvalue weighted by atomic mass is 19.1. The van der Waals surface area contributed by atoms with Crippen LogP contribution in [0.15, 0.2) is 30.3 Å². The van der Waals surface area contributed by atoms with E-state index in [9.17, 15) is 4.39 Å². The zero-order valence-electron chi connectivity index (χ0n) is 12.4. The molecule has 0 saturated heterocycles. The summed E-state index contributed by atoms with van der Waals surface area (Å²) in [5, 5.41) is 0. The van der Waals surface area contributed by atoms with E-state index in [0.29, 0.717) is 12.5 Å². The van der Waals surface area contributed by atoms with Gasteiger partial charge < -0.3 is 10.6 Å². The van der Waals surface area contributed by atoms with Crippen molar-refractivity contribution in [3.05, 3.63) is 53.0 Å². The molecule has 0 atom stereocenters. The van der Waals surface area contributed by atoms with E-state index >= 15 is 0 Å². The lowest BCUT2D eigenvalue weighted by atomic mass is 10.1. The van der Waals surface area contributed by atoms with Crippen LogP contribution in [0.5, 0.6) is 0 Å². The fourth-order valence-corrected chi connectivity index (χ4v) is 2.74. The van der Waals surface area contributed by atoms with Crippen LogP contribution in [0.3, 0.4) is 0 Å². The number of benzene rings is 1. The van der Waals surface area contributed by atoms with E-state index in [0.717, 1.165) is 35.7 Å². The SMILES string of the molecule is CC(C)c1cc(CN)cc(N2CCc3ccc(F)cc32)n1. The van der Waals surface area contributed by atoms with Gasteiger partial charge in [0.2, 0.25) is 0 Å². The Morgan fingerprint density at radius 1 is 1.29 bits per heavy atom. The largest absolute Gasteiger partial charge is 0.326 e. The molecule has 0 spiro atoms. The molecule has 1 aromatic heterocycles. The van der Waals surface area contributed by atoms with Crippen molar-refractivity contribution in [3.8, 4) is 0 Å². The Morgan fingerprint density at radius 3 is 2.81 bits per heavy atom. The molecule has 21 heavy (non-hydrogen) atoms.